The number of carbonyl (C=O) groups is 1. The summed E-state index contributed by atoms with van der Waals surface area (Å²) in [5, 5.41) is 3.56. The van der Waals surface area contributed by atoms with E-state index in [2.05, 4.69) is 5.32 Å². The molecule has 1 aliphatic rings. The molecule has 0 saturated carbocycles. The second-order valence-corrected chi connectivity index (χ2v) is 11.3. The van der Waals surface area contributed by atoms with Gasteiger partial charge in [-0.15, -0.1) is 0 Å². The Morgan fingerprint density at radius 1 is 0.946 bits per heavy atom. The van der Waals surface area contributed by atoms with Gasteiger partial charge >= 0.3 is 0 Å². The van der Waals surface area contributed by atoms with Crippen LogP contribution in [0, 0.1) is 0 Å². The maximum Gasteiger partial charge on any atom is 0.235 e. The summed E-state index contributed by atoms with van der Waals surface area (Å²) in [7, 11) is -2.84. The van der Waals surface area contributed by atoms with Crippen LogP contribution < -0.4 is 5.32 Å². The minimum atomic E-state index is -2.84. The molecule has 5 rings (SSSR count). The number of amides is 1. The first-order chi connectivity index (χ1) is 18.0. The smallest absolute Gasteiger partial charge is 0.235 e. The first-order valence-electron chi connectivity index (χ1n) is 12.1. The quantitative estimate of drug-likeness (QED) is 0.237. The van der Waals surface area contributed by atoms with Crippen LogP contribution in [0.3, 0.4) is 0 Å². The van der Waals surface area contributed by atoms with Crippen molar-refractivity contribution in [2.75, 3.05) is 18.5 Å². The number of anilines is 1. The van der Waals surface area contributed by atoms with Crippen LogP contribution >= 0.6 is 19.5 Å². The Morgan fingerprint density at radius 2 is 1.65 bits per heavy atom. The lowest BCUT2D eigenvalue weighted by molar-refractivity contribution is -0.116. The molecule has 1 radical (unpaired) electrons. The summed E-state index contributed by atoms with van der Waals surface area (Å²) in [5.41, 5.74) is 3.99. The zero-order chi connectivity index (χ0) is 25.7. The summed E-state index contributed by atoms with van der Waals surface area (Å²) in [5.74, 6) is 1.00. The standard InChI is InChI=1S/C28H27ClN2O5P/c29-23-11-9-21(10-12-23)27-25(36-28(31-27)22-5-2-1-3-6-22)15-16-26(32)30-24-13-7-20(8-14-24)19-37(33)34-17-4-18-35-37/h1-3,5-14,33H,4,15-19H2,(H,30,32). The van der Waals surface area contributed by atoms with Gasteiger partial charge < -0.3 is 23.7 Å². The van der Waals surface area contributed by atoms with Gasteiger partial charge in [-0.05, 0) is 48.4 Å². The number of benzene rings is 3. The van der Waals surface area contributed by atoms with Crippen molar-refractivity contribution in [3.8, 4) is 22.7 Å². The van der Waals surface area contributed by atoms with Crippen LogP contribution in [-0.2, 0) is 26.4 Å². The van der Waals surface area contributed by atoms with Gasteiger partial charge in [0.1, 0.15) is 11.5 Å². The van der Waals surface area contributed by atoms with E-state index in [0.29, 0.717) is 53.9 Å². The number of hydrogen-bond acceptors (Lipinski definition) is 6. The molecule has 1 aromatic heterocycles. The first kappa shape index (κ1) is 25.6. The van der Waals surface area contributed by atoms with Crippen molar-refractivity contribution in [2.45, 2.75) is 25.4 Å². The van der Waals surface area contributed by atoms with Crippen molar-refractivity contribution in [3.05, 3.63) is 95.2 Å². The van der Waals surface area contributed by atoms with Gasteiger partial charge in [-0.25, -0.2) is 4.98 Å². The topological polar surface area (TPSA) is 93.8 Å². The van der Waals surface area contributed by atoms with Gasteiger partial charge in [0.25, 0.3) is 0 Å². The number of aryl methyl sites for hydroxylation is 1. The van der Waals surface area contributed by atoms with E-state index >= 15 is 0 Å². The maximum atomic E-state index is 12.7. The van der Waals surface area contributed by atoms with E-state index in [-0.39, 0.29) is 12.3 Å². The Bertz CT molecular complexity index is 1340. The van der Waals surface area contributed by atoms with Crippen LogP contribution in [0.5, 0.6) is 0 Å². The number of halogens is 1. The lowest BCUT2D eigenvalue weighted by atomic mass is 10.1. The van der Waals surface area contributed by atoms with Crippen LogP contribution in [0.4, 0.5) is 5.69 Å². The average Bonchev–Trinajstić information content (AvgIpc) is 3.34. The monoisotopic (exact) mass is 537 g/mol. The molecule has 1 amide bonds. The fourth-order valence-electron chi connectivity index (χ4n) is 4.04. The normalized spacial score (nSPS) is 14.9. The number of nitrogens with one attached hydrogen (secondary N) is 1. The molecule has 1 fully saturated rings. The summed E-state index contributed by atoms with van der Waals surface area (Å²) in [6.07, 6.45) is 1.71. The Kier molecular flexibility index (Phi) is 7.99. The highest BCUT2D eigenvalue weighted by Gasteiger charge is 2.30. The molecule has 0 aliphatic carbocycles. The van der Waals surface area contributed by atoms with Crippen LogP contribution in [-0.4, -0.2) is 29.0 Å². The largest absolute Gasteiger partial charge is 0.440 e. The number of hydrogen-bond donors (Lipinski definition) is 2. The maximum absolute atomic E-state index is 12.7. The second-order valence-electron chi connectivity index (χ2n) is 8.72. The predicted octanol–water partition coefficient (Wildman–Crippen LogP) is 6.93. The summed E-state index contributed by atoms with van der Waals surface area (Å²) >= 11 is 6.07. The Labute approximate surface area is 221 Å². The third-order valence-electron chi connectivity index (χ3n) is 5.91. The highest BCUT2D eigenvalue weighted by atomic mass is 35.5. The fourth-order valence-corrected chi connectivity index (χ4v) is 5.92. The van der Waals surface area contributed by atoms with Crippen molar-refractivity contribution in [1.29, 1.82) is 0 Å². The Morgan fingerprint density at radius 3 is 2.35 bits per heavy atom. The van der Waals surface area contributed by atoms with E-state index in [0.717, 1.165) is 23.1 Å². The molecule has 9 heteroatoms. The van der Waals surface area contributed by atoms with Crippen molar-refractivity contribution < 1.29 is 23.2 Å². The molecule has 4 aromatic rings. The Balaban J connectivity index is 1.25. The third kappa shape index (κ3) is 6.63. The molecule has 191 valence electrons. The van der Waals surface area contributed by atoms with Crippen molar-refractivity contribution in [1.82, 2.24) is 4.98 Å². The number of oxazole rings is 1. The van der Waals surface area contributed by atoms with Crippen LogP contribution in [0.1, 0.15) is 24.2 Å². The summed E-state index contributed by atoms with van der Waals surface area (Å²) in [6.45, 7) is 1.02. The summed E-state index contributed by atoms with van der Waals surface area (Å²) in [6, 6.07) is 24.4. The molecular weight excluding hydrogens is 511 g/mol. The van der Waals surface area contributed by atoms with Gasteiger partial charge in [-0.2, -0.15) is 0 Å². The average molecular weight is 538 g/mol. The van der Waals surface area contributed by atoms with Gasteiger partial charge in [-0.1, -0.05) is 54.1 Å². The van der Waals surface area contributed by atoms with Gasteiger partial charge in [0.05, 0.1) is 19.4 Å². The molecule has 1 aliphatic heterocycles. The summed E-state index contributed by atoms with van der Waals surface area (Å²) < 4.78 is 17.1. The van der Waals surface area contributed by atoms with Crippen molar-refractivity contribution in [3.63, 3.8) is 0 Å². The van der Waals surface area contributed by atoms with Gasteiger partial charge in [0.15, 0.2) is 0 Å². The van der Waals surface area contributed by atoms with Crippen molar-refractivity contribution >= 4 is 31.1 Å². The van der Waals surface area contributed by atoms with E-state index in [1.807, 2.05) is 66.7 Å². The van der Waals surface area contributed by atoms with Crippen molar-refractivity contribution in [2.24, 2.45) is 0 Å². The summed E-state index contributed by atoms with van der Waals surface area (Å²) in [4.78, 5) is 28.0. The molecule has 37 heavy (non-hydrogen) atoms. The van der Waals surface area contributed by atoms with Crippen LogP contribution in [0.2, 0.25) is 5.02 Å². The van der Waals surface area contributed by atoms with Gasteiger partial charge in [-0.3, -0.25) is 4.79 Å². The first-order valence-corrected chi connectivity index (χ1v) is 14.2. The van der Waals surface area contributed by atoms with E-state index in [4.69, 9.17) is 30.0 Å². The van der Waals surface area contributed by atoms with Crippen LogP contribution in [0.25, 0.3) is 22.7 Å². The van der Waals surface area contributed by atoms with Gasteiger partial charge in [0.2, 0.25) is 19.7 Å². The van der Waals surface area contributed by atoms with E-state index in [9.17, 15) is 9.69 Å². The van der Waals surface area contributed by atoms with Gasteiger partial charge in [0, 0.05) is 34.7 Å². The number of aromatic nitrogens is 1. The highest BCUT2D eigenvalue weighted by molar-refractivity contribution is 7.59. The minimum Gasteiger partial charge on any atom is -0.440 e. The second kappa shape index (κ2) is 11.5. The van der Waals surface area contributed by atoms with E-state index < -0.39 is 7.94 Å². The molecule has 0 unspecified atom stereocenters. The fraction of sp³-hybridized carbons (Fsp3) is 0.214. The molecule has 0 spiro atoms. The van der Waals surface area contributed by atoms with E-state index in [1.165, 1.54) is 0 Å². The Hall–Kier alpha value is -3.06. The number of nitrogens with zero attached hydrogens (tertiary/aromatic N) is 1. The molecule has 7 nitrogen and oxygen atoms in total. The molecule has 2 N–H and O–H groups in total. The predicted molar refractivity (Wildman–Crippen MR) is 145 cm³/mol. The molecule has 2 heterocycles. The highest BCUT2D eigenvalue weighted by Crippen LogP contribution is 2.61. The SMILES string of the molecule is O=C(CCc1oc(-c2ccccc2)nc1-c1ccc(Cl)cc1)Nc1ccc(C[P]2(O)OCCCO2)cc1. The number of carbonyl (C=O) groups excluding carboxylic acids is 1. The lowest BCUT2D eigenvalue weighted by Crippen LogP contribution is -2.14. The third-order valence-corrected chi connectivity index (χ3v) is 8.10. The molecule has 3 aromatic carbocycles. The molecule has 1 saturated heterocycles. The zero-order valence-corrected chi connectivity index (χ0v) is 21.8. The minimum absolute atomic E-state index is 0.141. The molecule has 0 atom stereocenters. The molecular formula is C28H27ClN2O5P. The van der Waals surface area contributed by atoms with E-state index in [1.54, 1.807) is 12.1 Å². The zero-order valence-electron chi connectivity index (χ0n) is 20.1. The molecule has 0 bridgehead atoms. The van der Waals surface area contributed by atoms with Crippen LogP contribution in [0.15, 0.2) is 83.3 Å². The lowest BCUT2D eigenvalue weighted by Gasteiger charge is -2.32. The number of rotatable bonds is 8.